The maximum atomic E-state index is 5.50. The van der Waals surface area contributed by atoms with Gasteiger partial charge in [-0.25, -0.2) is 0 Å². The lowest BCUT2D eigenvalue weighted by molar-refractivity contribution is 0.00782. The number of aryl methyl sites for hydroxylation is 2. The molecule has 2 unspecified atom stereocenters. The average molecular weight is 263 g/mol. The molecule has 1 N–H and O–H groups in total. The SMILES string of the molecule is COC(C)(C)CC(C)NC(C)c1ccc(C)cc1C. The van der Waals surface area contributed by atoms with Crippen molar-refractivity contribution in [1.82, 2.24) is 5.32 Å². The van der Waals surface area contributed by atoms with Crippen molar-refractivity contribution in [3.63, 3.8) is 0 Å². The molecule has 108 valence electrons. The van der Waals surface area contributed by atoms with Crippen LogP contribution in [-0.2, 0) is 4.74 Å². The van der Waals surface area contributed by atoms with E-state index in [-0.39, 0.29) is 5.60 Å². The van der Waals surface area contributed by atoms with Crippen LogP contribution in [0.2, 0.25) is 0 Å². The van der Waals surface area contributed by atoms with Crippen molar-refractivity contribution in [3.05, 3.63) is 34.9 Å². The molecule has 0 aliphatic heterocycles. The van der Waals surface area contributed by atoms with Crippen LogP contribution in [0.4, 0.5) is 0 Å². The van der Waals surface area contributed by atoms with Crippen molar-refractivity contribution >= 4 is 0 Å². The first-order valence-corrected chi connectivity index (χ1v) is 7.13. The first-order chi connectivity index (χ1) is 8.75. The second-order valence-electron chi connectivity index (χ2n) is 6.32. The molecule has 0 fully saturated rings. The van der Waals surface area contributed by atoms with E-state index in [1.807, 2.05) is 0 Å². The van der Waals surface area contributed by atoms with Crippen LogP contribution in [-0.4, -0.2) is 18.8 Å². The van der Waals surface area contributed by atoms with Gasteiger partial charge in [0.1, 0.15) is 0 Å². The summed E-state index contributed by atoms with van der Waals surface area (Å²) in [4.78, 5) is 0. The molecule has 0 heterocycles. The van der Waals surface area contributed by atoms with Crippen molar-refractivity contribution in [2.45, 2.75) is 65.6 Å². The highest BCUT2D eigenvalue weighted by atomic mass is 16.5. The third-order valence-electron chi connectivity index (χ3n) is 3.78. The molecule has 0 aliphatic carbocycles. The van der Waals surface area contributed by atoms with E-state index in [9.17, 15) is 0 Å². The van der Waals surface area contributed by atoms with Crippen LogP contribution in [0.3, 0.4) is 0 Å². The first-order valence-electron chi connectivity index (χ1n) is 7.13. The van der Waals surface area contributed by atoms with Crippen LogP contribution in [0, 0.1) is 13.8 Å². The Hall–Kier alpha value is -0.860. The Morgan fingerprint density at radius 3 is 2.37 bits per heavy atom. The van der Waals surface area contributed by atoms with E-state index in [2.05, 4.69) is 65.1 Å². The van der Waals surface area contributed by atoms with Gasteiger partial charge in [0.2, 0.25) is 0 Å². The molecule has 2 heteroatoms. The fraction of sp³-hybridized carbons (Fsp3) is 0.647. The van der Waals surface area contributed by atoms with Gasteiger partial charge in [-0.1, -0.05) is 23.8 Å². The highest BCUT2D eigenvalue weighted by molar-refractivity contribution is 5.32. The lowest BCUT2D eigenvalue weighted by Gasteiger charge is -2.29. The predicted octanol–water partition coefficient (Wildman–Crippen LogP) is 4.16. The Kier molecular flexibility index (Phi) is 5.57. The molecule has 0 aliphatic rings. The third-order valence-corrected chi connectivity index (χ3v) is 3.78. The van der Waals surface area contributed by atoms with Crippen molar-refractivity contribution in [2.75, 3.05) is 7.11 Å². The van der Waals surface area contributed by atoms with E-state index in [4.69, 9.17) is 4.74 Å². The summed E-state index contributed by atoms with van der Waals surface area (Å²) in [6.45, 7) is 13.0. The monoisotopic (exact) mass is 263 g/mol. The summed E-state index contributed by atoms with van der Waals surface area (Å²) in [6.07, 6.45) is 0.999. The van der Waals surface area contributed by atoms with Gasteiger partial charge in [-0.2, -0.15) is 0 Å². The molecule has 0 saturated heterocycles. The smallest absolute Gasteiger partial charge is 0.0637 e. The molecule has 0 aromatic heterocycles. The maximum Gasteiger partial charge on any atom is 0.0637 e. The highest BCUT2D eigenvalue weighted by Gasteiger charge is 2.21. The van der Waals surface area contributed by atoms with Crippen LogP contribution in [0.1, 0.15) is 56.8 Å². The van der Waals surface area contributed by atoms with Gasteiger partial charge in [0.05, 0.1) is 5.60 Å². The van der Waals surface area contributed by atoms with Crippen LogP contribution in [0.25, 0.3) is 0 Å². The Bertz CT molecular complexity index is 412. The molecular formula is C17H29NO. The Morgan fingerprint density at radius 2 is 1.84 bits per heavy atom. The summed E-state index contributed by atoms with van der Waals surface area (Å²) >= 11 is 0. The summed E-state index contributed by atoms with van der Waals surface area (Å²) in [7, 11) is 1.78. The van der Waals surface area contributed by atoms with Crippen LogP contribution >= 0.6 is 0 Å². The van der Waals surface area contributed by atoms with E-state index >= 15 is 0 Å². The molecule has 0 radical (unpaired) electrons. The molecule has 1 aromatic carbocycles. The summed E-state index contributed by atoms with van der Waals surface area (Å²) in [5.41, 5.74) is 3.99. The van der Waals surface area contributed by atoms with E-state index in [1.54, 1.807) is 7.11 Å². The molecule has 1 aromatic rings. The highest BCUT2D eigenvalue weighted by Crippen LogP contribution is 2.21. The van der Waals surface area contributed by atoms with Crippen LogP contribution in [0.15, 0.2) is 18.2 Å². The van der Waals surface area contributed by atoms with Crippen LogP contribution < -0.4 is 5.32 Å². The quantitative estimate of drug-likeness (QED) is 0.832. The van der Waals surface area contributed by atoms with E-state index in [0.29, 0.717) is 12.1 Å². The average Bonchev–Trinajstić information content (AvgIpc) is 2.27. The number of hydrogen-bond acceptors (Lipinski definition) is 2. The molecule has 2 atom stereocenters. The van der Waals surface area contributed by atoms with Crippen molar-refractivity contribution < 1.29 is 4.74 Å². The second-order valence-corrected chi connectivity index (χ2v) is 6.32. The zero-order chi connectivity index (χ0) is 14.6. The zero-order valence-corrected chi connectivity index (χ0v) is 13.5. The van der Waals surface area contributed by atoms with Gasteiger partial charge in [0.25, 0.3) is 0 Å². The minimum atomic E-state index is -0.0749. The topological polar surface area (TPSA) is 21.3 Å². The van der Waals surface area contributed by atoms with Crippen molar-refractivity contribution in [3.8, 4) is 0 Å². The fourth-order valence-corrected chi connectivity index (χ4v) is 2.71. The lowest BCUT2D eigenvalue weighted by Crippen LogP contribution is -2.37. The first kappa shape index (κ1) is 16.2. The summed E-state index contributed by atoms with van der Waals surface area (Å²) in [5, 5.41) is 3.67. The Morgan fingerprint density at radius 1 is 1.21 bits per heavy atom. The molecule has 0 amide bonds. The second kappa shape index (κ2) is 6.53. The van der Waals surface area contributed by atoms with Gasteiger partial charge >= 0.3 is 0 Å². The van der Waals surface area contributed by atoms with Gasteiger partial charge in [0, 0.05) is 19.2 Å². The number of methoxy groups -OCH3 is 1. The van der Waals surface area contributed by atoms with Gasteiger partial charge < -0.3 is 10.1 Å². The van der Waals surface area contributed by atoms with Crippen LogP contribution in [0.5, 0.6) is 0 Å². The molecule has 19 heavy (non-hydrogen) atoms. The standard InChI is InChI=1S/C17H29NO/c1-12-8-9-16(13(2)10-12)15(4)18-14(3)11-17(5,6)19-7/h8-10,14-15,18H,11H2,1-7H3. The number of ether oxygens (including phenoxy) is 1. The van der Waals surface area contributed by atoms with Gasteiger partial charge in [-0.15, -0.1) is 0 Å². The number of hydrogen-bond donors (Lipinski definition) is 1. The molecule has 0 bridgehead atoms. The summed E-state index contributed by atoms with van der Waals surface area (Å²) in [5.74, 6) is 0. The van der Waals surface area contributed by atoms with Gasteiger partial charge in [0.15, 0.2) is 0 Å². The van der Waals surface area contributed by atoms with Gasteiger partial charge in [-0.3, -0.25) is 0 Å². The maximum absolute atomic E-state index is 5.50. The molecule has 1 rings (SSSR count). The Balaban J connectivity index is 2.66. The third kappa shape index (κ3) is 4.96. The molecule has 0 spiro atoms. The summed E-state index contributed by atoms with van der Waals surface area (Å²) < 4.78 is 5.50. The number of nitrogens with one attached hydrogen (secondary N) is 1. The predicted molar refractivity (Wildman–Crippen MR) is 82.6 cm³/mol. The van der Waals surface area contributed by atoms with E-state index in [0.717, 1.165) is 6.42 Å². The number of benzene rings is 1. The number of rotatable bonds is 6. The normalized spacial score (nSPS) is 15.3. The lowest BCUT2D eigenvalue weighted by atomic mass is 9.96. The zero-order valence-electron chi connectivity index (χ0n) is 13.5. The minimum Gasteiger partial charge on any atom is -0.379 e. The van der Waals surface area contributed by atoms with E-state index in [1.165, 1.54) is 16.7 Å². The van der Waals surface area contributed by atoms with Crippen molar-refractivity contribution in [2.24, 2.45) is 0 Å². The van der Waals surface area contributed by atoms with E-state index < -0.39 is 0 Å². The fourth-order valence-electron chi connectivity index (χ4n) is 2.71. The summed E-state index contributed by atoms with van der Waals surface area (Å²) in [6, 6.07) is 7.45. The van der Waals surface area contributed by atoms with Gasteiger partial charge in [-0.05, 0) is 59.1 Å². The molecular weight excluding hydrogens is 234 g/mol. The molecule has 0 saturated carbocycles. The largest absolute Gasteiger partial charge is 0.379 e. The van der Waals surface area contributed by atoms with Crippen molar-refractivity contribution in [1.29, 1.82) is 0 Å². The Labute approximate surface area is 118 Å². The molecule has 2 nitrogen and oxygen atoms in total. The minimum absolute atomic E-state index is 0.0749.